The number of benzene rings is 1. The van der Waals surface area contributed by atoms with Gasteiger partial charge in [-0.25, -0.2) is 0 Å². The number of amides is 1. The van der Waals surface area contributed by atoms with Gasteiger partial charge in [-0.3, -0.25) is 4.79 Å². The summed E-state index contributed by atoms with van der Waals surface area (Å²) in [6, 6.07) is 8.51. The summed E-state index contributed by atoms with van der Waals surface area (Å²) >= 11 is 5.98. The van der Waals surface area contributed by atoms with Crippen LogP contribution in [0.2, 0.25) is 5.02 Å². The fourth-order valence-corrected chi connectivity index (χ4v) is 2.79. The molecule has 0 atom stereocenters. The molecule has 1 fully saturated rings. The zero-order chi connectivity index (χ0) is 17.8. The number of rotatable bonds is 4. The highest BCUT2D eigenvalue weighted by molar-refractivity contribution is 6.31. The molecular formula is C17H20ClN5O2. The van der Waals surface area contributed by atoms with Gasteiger partial charge in [-0.05, 0) is 37.4 Å². The number of aromatic nitrogens is 2. The number of likely N-dealkylation sites (N-methyl/N-ethyl adjacent to an activating group) is 1. The van der Waals surface area contributed by atoms with Crippen LogP contribution in [0, 0.1) is 0 Å². The highest BCUT2D eigenvalue weighted by atomic mass is 35.5. The van der Waals surface area contributed by atoms with Crippen LogP contribution in [-0.2, 0) is 0 Å². The minimum Gasteiger partial charge on any atom is -0.495 e. The van der Waals surface area contributed by atoms with Gasteiger partial charge in [-0.15, -0.1) is 10.2 Å². The molecule has 3 rings (SSSR count). The Morgan fingerprint density at radius 3 is 2.56 bits per heavy atom. The van der Waals surface area contributed by atoms with Crippen LogP contribution >= 0.6 is 11.6 Å². The van der Waals surface area contributed by atoms with Crippen LogP contribution < -0.4 is 15.0 Å². The second-order valence-corrected chi connectivity index (χ2v) is 6.30. The van der Waals surface area contributed by atoms with E-state index in [1.807, 2.05) is 6.07 Å². The van der Waals surface area contributed by atoms with E-state index in [0.717, 1.165) is 32.0 Å². The smallest absolute Gasteiger partial charge is 0.276 e. The molecule has 2 heterocycles. The van der Waals surface area contributed by atoms with Crippen molar-refractivity contribution in [2.24, 2.45) is 0 Å². The molecule has 1 amide bonds. The third-order valence-corrected chi connectivity index (χ3v) is 4.36. The zero-order valence-electron chi connectivity index (χ0n) is 14.2. The fraction of sp³-hybridized carbons (Fsp3) is 0.353. The summed E-state index contributed by atoms with van der Waals surface area (Å²) < 4.78 is 5.22. The van der Waals surface area contributed by atoms with E-state index in [4.69, 9.17) is 16.3 Å². The number of halogens is 1. The minimum atomic E-state index is -0.363. The average molecular weight is 362 g/mol. The number of nitrogens with zero attached hydrogens (tertiary/aromatic N) is 4. The molecule has 8 heteroatoms. The summed E-state index contributed by atoms with van der Waals surface area (Å²) in [6.45, 7) is 3.77. The van der Waals surface area contributed by atoms with Crippen LogP contribution in [0.3, 0.4) is 0 Å². The van der Waals surface area contributed by atoms with Crippen LogP contribution in [0.25, 0.3) is 0 Å². The lowest BCUT2D eigenvalue weighted by atomic mass is 10.2. The van der Waals surface area contributed by atoms with Gasteiger partial charge in [0.15, 0.2) is 11.5 Å². The van der Waals surface area contributed by atoms with Gasteiger partial charge in [0.05, 0.1) is 12.8 Å². The molecule has 132 valence electrons. The average Bonchev–Trinajstić information content (AvgIpc) is 2.63. The molecule has 0 spiro atoms. The van der Waals surface area contributed by atoms with E-state index in [1.54, 1.807) is 24.3 Å². The Bertz CT molecular complexity index is 745. The lowest BCUT2D eigenvalue weighted by Gasteiger charge is -2.32. The maximum atomic E-state index is 12.4. The van der Waals surface area contributed by atoms with Crippen LogP contribution in [0.15, 0.2) is 30.3 Å². The molecule has 0 aliphatic carbocycles. The lowest BCUT2D eigenvalue weighted by Crippen LogP contribution is -2.44. The first kappa shape index (κ1) is 17.4. The second-order valence-electron chi connectivity index (χ2n) is 5.87. The number of carbonyl (C=O) groups excluding carboxylic acids is 1. The summed E-state index contributed by atoms with van der Waals surface area (Å²) in [5, 5.41) is 11.5. The van der Waals surface area contributed by atoms with Gasteiger partial charge in [0.25, 0.3) is 5.91 Å². The van der Waals surface area contributed by atoms with Crippen molar-refractivity contribution in [1.82, 2.24) is 15.1 Å². The van der Waals surface area contributed by atoms with E-state index in [1.165, 1.54) is 7.11 Å². The molecule has 0 unspecified atom stereocenters. The SMILES string of the molecule is COc1ccc(Cl)cc1NC(=O)c1ccc(N2CCN(C)CC2)nn1. The quantitative estimate of drug-likeness (QED) is 0.899. The Morgan fingerprint density at radius 2 is 1.92 bits per heavy atom. The van der Waals surface area contributed by atoms with Crippen molar-refractivity contribution >= 4 is 29.0 Å². The number of methoxy groups -OCH3 is 1. The van der Waals surface area contributed by atoms with Gasteiger partial charge in [-0.2, -0.15) is 0 Å². The first-order valence-electron chi connectivity index (χ1n) is 7.99. The van der Waals surface area contributed by atoms with Gasteiger partial charge in [0.2, 0.25) is 0 Å². The first-order chi connectivity index (χ1) is 12.1. The van der Waals surface area contributed by atoms with E-state index >= 15 is 0 Å². The van der Waals surface area contributed by atoms with E-state index in [-0.39, 0.29) is 11.6 Å². The van der Waals surface area contributed by atoms with Gasteiger partial charge in [0.1, 0.15) is 5.75 Å². The van der Waals surface area contributed by atoms with Gasteiger partial charge < -0.3 is 19.9 Å². The minimum absolute atomic E-state index is 0.236. The highest BCUT2D eigenvalue weighted by Gasteiger charge is 2.17. The lowest BCUT2D eigenvalue weighted by molar-refractivity contribution is 0.102. The van der Waals surface area contributed by atoms with Gasteiger partial charge in [0, 0.05) is 31.2 Å². The fourth-order valence-electron chi connectivity index (χ4n) is 2.61. The molecular weight excluding hydrogens is 342 g/mol. The van der Waals surface area contributed by atoms with Crippen molar-refractivity contribution in [1.29, 1.82) is 0 Å². The largest absolute Gasteiger partial charge is 0.495 e. The summed E-state index contributed by atoms with van der Waals surface area (Å²) in [4.78, 5) is 16.8. The van der Waals surface area contributed by atoms with Crippen molar-refractivity contribution < 1.29 is 9.53 Å². The molecule has 2 aromatic rings. The summed E-state index contributed by atoms with van der Waals surface area (Å²) in [5.41, 5.74) is 0.727. The van der Waals surface area contributed by atoms with Crippen LogP contribution in [0.1, 0.15) is 10.5 Å². The monoisotopic (exact) mass is 361 g/mol. The van der Waals surface area contributed by atoms with Crippen molar-refractivity contribution in [3.05, 3.63) is 41.0 Å². The standard InChI is InChI=1S/C17H20ClN5O2/c1-22-7-9-23(10-8-22)16-6-4-13(20-21-16)17(24)19-14-11-12(18)3-5-15(14)25-2/h3-6,11H,7-10H2,1-2H3,(H,19,24). The molecule has 1 aliphatic heterocycles. The molecule has 0 bridgehead atoms. The molecule has 0 saturated carbocycles. The van der Waals surface area contributed by atoms with Crippen LogP contribution in [0.4, 0.5) is 11.5 Å². The molecule has 1 aliphatic rings. The Kier molecular flexibility index (Phi) is 5.35. The third-order valence-electron chi connectivity index (χ3n) is 4.12. The molecule has 25 heavy (non-hydrogen) atoms. The van der Waals surface area contributed by atoms with Crippen molar-refractivity contribution in [3.8, 4) is 5.75 Å². The Labute approximate surface area is 151 Å². The molecule has 1 aromatic carbocycles. The Morgan fingerprint density at radius 1 is 1.16 bits per heavy atom. The maximum absolute atomic E-state index is 12.4. The Balaban J connectivity index is 1.70. The van der Waals surface area contributed by atoms with Crippen molar-refractivity contribution in [2.45, 2.75) is 0 Å². The number of hydrogen-bond acceptors (Lipinski definition) is 6. The Hall–Kier alpha value is -2.38. The van der Waals surface area contributed by atoms with Crippen molar-refractivity contribution in [3.63, 3.8) is 0 Å². The normalized spacial score (nSPS) is 15.1. The summed E-state index contributed by atoms with van der Waals surface area (Å²) in [7, 11) is 3.63. The predicted molar refractivity (Wildman–Crippen MR) is 97.7 cm³/mol. The van der Waals surface area contributed by atoms with Gasteiger partial charge >= 0.3 is 0 Å². The summed E-state index contributed by atoms with van der Waals surface area (Å²) in [6.07, 6.45) is 0. The number of anilines is 2. The summed E-state index contributed by atoms with van der Waals surface area (Å²) in [5.74, 6) is 0.947. The number of carbonyl (C=O) groups is 1. The molecule has 0 radical (unpaired) electrons. The van der Waals surface area contributed by atoms with Crippen molar-refractivity contribution in [2.75, 3.05) is 50.6 Å². The molecule has 1 saturated heterocycles. The highest BCUT2D eigenvalue weighted by Crippen LogP contribution is 2.28. The van der Waals surface area contributed by atoms with E-state index in [2.05, 4.69) is 32.4 Å². The second kappa shape index (κ2) is 7.67. The zero-order valence-corrected chi connectivity index (χ0v) is 15.0. The van der Waals surface area contributed by atoms with Crippen LogP contribution in [0.5, 0.6) is 5.75 Å². The number of piperazine rings is 1. The number of hydrogen-bond donors (Lipinski definition) is 1. The van der Waals surface area contributed by atoms with E-state index in [9.17, 15) is 4.79 Å². The molecule has 1 aromatic heterocycles. The van der Waals surface area contributed by atoms with Crippen LogP contribution in [-0.4, -0.2) is 61.3 Å². The molecule has 7 nitrogen and oxygen atoms in total. The third kappa shape index (κ3) is 4.18. The van der Waals surface area contributed by atoms with E-state index in [0.29, 0.717) is 16.5 Å². The first-order valence-corrected chi connectivity index (χ1v) is 8.37. The maximum Gasteiger partial charge on any atom is 0.276 e. The molecule has 1 N–H and O–H groups in total. The van der Waals surface area contributed by atoms with Gasteiger partial charge in [-0.1, -0.05) is 11.6 Å². The van der Waals surface area contributed by atoms with E-state index < -0.39 is 0 Å². The number of ether oxygens (including phenoxy) is 1. The predicted octanol–water partition coefficient (Wildman–Crippen LogP) is 2.14. The number of nitrogens with one attached hydrogen (secondary N) is 1. The topological polar surface area (TPSA) is 70.6 Å².